The van der Waals surface area contributed by atoms with Gasteiger partial charge in [-0.1, -0.05) is 0 Å². The van der Waals surface area contributed by atoms with E-state index in [9.17, 15) is 9.59 Å². The molecule has 0 bridgehead atoms. The van der Waals surface area contributed by atoms with Gasteiger partial charge in [0, 0.05) is 38.7 Å². The summed E-state index contributed by atoms with van der Waals surface area (Å²) in [5.74, 6) is 1.53. The maximum Gasteiger partial charge on any atom is 0.412 e. The van der Waals surface area contributed by atoms with Gasteiger partial charge in [0.05, 0.1) is 31.6 Å². The molecule has 3 aromatic heterocycles. The van der Waals surface area contributed by atoms with E-state index in [2.05, 4.69) is 35.7 Å². The summed E-state index contributed by atoms with van der Waals surface area (Å²) < 4.78 is 12.1. The predicted molar refractivity (Wildman–Crippen MR) is 134 cm³/mol. The molecule has 1 aliphatic heterocycles. The summed E-state index contributed by atoms with van der Waals surface area (Å²) in [5.41, 5.74) is 0. The van der Waals surface area contributed by atoms with Crippen molar-refractivity contribution in [1.29, 1.82) is 0 Å². The number of urea groups is 1. The lowest BCUT2D eigenvalue weighted by Gasteiger charge is -2.37. The second-order valence-electron chi connectivity index (χ2n) is 8.23. The average molecular weight is 511 g/mol. The Kier molecular flexibility index (Phi) is 8.62. The molecule has 0 aromatic carbocycles. The van der Waals surface area contributed by atoms with Crippen molar-refractivity contribution in [2.24, 2.45) is 0 Å². The number of ether oxygens (including phenoxy) is 2. The summed E-state index contributed by atoms with van der Waals surface area (Å²) in [7, 11) is 1.74. The Labute approximate surface area is 214 Å². The first-order valence-corrected chi connectivity index (χ1v) is 12.0. The highest BCUT2D eigenvalue weighted by Gasteiger charge is 2.28. The number of amides is 3. The molecule has 1 fully saturated rings. The fourth-order valence-electron chi connectivity index (χ4n) is 3.79. The van der Waals surface area contributed by atoms with Gasteiger partial charge in [-0.2, -0.15) is 10.1 Å². The minimum absolute atomic E-state index is 0.0723. The van der Waals surface area contributed by atoms with Crippen LogP contribution in [0, 0.1) is 0 Å². The zero-order chi connectivity index (χ0) is 26.0. The van der Waals surface area contributed by atoms with Crippen molar-refractivity contribution in [3.8, 4) is 5.88 Å². The van der Waals surface area contributed by atoms with E-state index in [4.69, 9.17) is 9.47 Å². The molecule has 14 nitrogen and oxygen atoms in total. The van der Waals surface area contributed by atoms with Gasteiger partial charge in [0.1, 0.15) is 12.4 Å². The van der Waals surface area contributed by atoms with Crippen molar-refractivity contribution < 1.29 is 19.1 Å². The van der Waals surface area contributed by atoms with E-state index in [0.717, 1.165) is 19.4 Å². The maximum absolute atomic E-state index is 12.8. The molecule has 2 N–H and O–H groups in total. The summed E-state index contributed by atoms with van der Waals surface area (Å²) >= 11 is 0. The van der Waals surface area contributed by atoms with Crippen LogP contribution in [-0.4, -0.2) is 86.1 Å². The van der Waals surface area contributed by atoms with Crippen molar-refractivity contribution in [1.82, 2.24) is 34.6 Å². The van der Waals surface area contributed by atoms with Crippen LogP contribution in [0.5, 0.6) is 5.88 Å². The van der Waals surface area contributed by atoms with Crippen LogP contribution in [0.2, 0.25) is 0 Å². The first-order valence-electron chi connectivity index (χ1n) is 12.0. The van der Waals surface area contributed by atoms with Gasteiger partial charge < -0.3 is 19.3 Å². The Bertz CT molecular complexity index is 1160. The summed E-state index contributed by atoms with van der Waals surface area (Å²) in [5, 5.41) is 9.45. The molecule has 3 aromatic rings. The fraction of sp³-hybridized carbons (Fsp3) is 0.435. The molecule has 1 aliphatic rings. The van der Waals surface area contributed by atoms with E-state index in [0.29, 0.717) is 43.2 Å². The van der Waals surface area contributed by atoms with Crippen molar-refractivity contribution in [3.63, 3.8) is 0 Å². The first-order chi connectivity index (χ1) is 18.0. The number of rotatable bonds is 9. The fourth-order valence-corrected chi connectivity index (χ4v) is 3.79. The van der Waals surface area contributed by atoms with Crippen LogP contribution in [0.25, 0.3) is 0 Å². The molecule has 4 heterocycles. The highest BCUT2D eigenvalue weighted by molar-refractivity contribution is 5.88. The van der Waals surface area contributed by atoms with Gasteiger partial charge in [-0.05, 0) is 31.9 Å². The molecule has 0 saturated carbocycles. The molecule has 1 saturated heterocycles. The monoisotopic (exact) mass is 510 g/mol. The van der Waals surface area contributed by atoms with Gasteiger partial charge in [-0.25, -0.2) is 24.5 Å². The Morgan fingerprint density at radius 3 is 2.81 bits per heavy atom. The lowest BCUT2D eigenvalue weighted by Crippen LogP contribution is -2.50. The van der Waals surface area contributed by atoms with Crippen molar-refractivity contribution in [2.45, 2.75) is 32.4 Å². The number of hydrogen-bond acceptors (Lipinski definition) is 10. The highest BCUT2D eigenvalue weighted by Crippen LogP contribution is 2.21. The lowest BCUT2D eigenvalue weighted by molar-refractivity contribution is 0.155. The number of carbonyl (C=O) groups excluding carboxylic acids is 2. The number of likely N-dealkylation sites (N-methyl/N-ethyl adjacent to an activating group) is 1. The number of piperidine rings is 1. The second kappa shape index (κ2) is 12.5. The molecule has 3 amide bonds. The smallest absolute Gasteiger partial charge is 0.412 e. The molecule has 0 aliphatic carbocycles. The van der Waals surface area contributed by atoms with Crippen LogP contribution in [-0.2, 0) is 11.3 Å². The summed E-state index contributed by atoms with van der Waals surface area (Å²) in [6.07, 6.45) is 9.02. The molecule has 4 rings (SSSR count). The number of aromatic nitrogens is 6. The van der Waals surface area contributed by atoms with Crippen LogP contribution in [0.3, 0.4) is 0 Å². The van der Waals surface area contributed by atoms with E-state index in [-0.39, 0.29) is 18.7 Å². The summed E-state index contributed by atoms with van der Waals surface area (Å²) in [6, 6.07) is 3.03. The van der Waals surface area contributed by atoms with Crippen LogP contribution in [0.4, 0.5) is 27.2 Å². The third kappa shape index (κ3) is 7.25. The highest BCUT2D eigenvalue weighted by atomic mass is 16.5. The zero-order valence-electron chi connectivity index (χ0n) is 20.8. The van der Waals surface area contributed by atoms with Gasteiger partial charge in [0.25, 0.3) is 0 Å². The Hall–Kier alpha value is -4.49. The molecule has 37 heavy (non-hydrogen) atoms. The Morgan fingerprint density at radius 1 is 1.16 bits per heavy atom. The zero-order valence-corrected chi connectivity index (χ0v) is 20.8. The Balaban J connectivity index is 1.29. The largest absolute Gasteiger partial charge is 0.477 e. The van der Waals surface area contributed by atoms with Crippen LogP contribution < -0.4 is 20.3 Å². The van der Waals surface area contributed by atoms with Crippen molar-refractivity contribution in [2.75, 3.05) is 48.9 Å². The lowest BCUT2D eigenvalue weighted by atomic mass is 10.1. The number of hydrogen-bond donors (Lipinski definition) is 2. The third-order valence-corrected chi connectivity index (χ3v) is 5.69. The molecule has 14 heteroatoms. The minimum atomic E-state index is -0.609. The molecular formula is C23H30N10O4. The molecule has 0 unspecified atom stereocenters. The average Bonchev–Trinajstić information content (AvgIpc) is 3.43. The van der Waals surface area contributed by atoms with Gasteiger partial charge in [0.15, 0.2) is 5.82 Å². The van der Waals surface area contributed by atoms with E-state index < -0.39 is 6.09 Å². The summed E-state index contributed by atoms with van der Waals surface area (Å²) in [6.45, 7) is 4.25. The normalized spacial score (nSPS) is 15.1. The second-order valence-corrected chi connectivity index (χ2v) is 8.23. The standard InChI is InChI=1S/C23H30N10O4/c1-3-36-20-15-25-19(14-26-20)29-22(34)31(2)17-6-4-10-32(16-17)21-24-9-7-18(28-21)30-23(35)37-13-12-33-11-5-8-27-33/h5,7-9,11,14-15,17H,3-4,6,10,12-13,16H2,1-2H3,(H,25,29,34)(H,24,28,30,35)/t17-/m1/s1. The third-order valence-electron chi connectivity index (χ3n) is 5.69. The number of nitrogens with zero attached hydrogens (tertiary/aromatic N) is 8. The minimum Gasteiger partial charge on any atom is -0.477 e. The van der Waals surface area contributed by atoms with E-state index >= 15 is 0 Å². The Morgan fingerprint density at radius 2 is 2.05 bits per heavy atom. The van der Waals surface area contributed by atoms with Gasteiger partial charge >= 0.3 is 12.1 Å². The van der Waals surface area contributed by atoms with Crippen LogP contribution in [0.1, 0.15) is 19.8 Å². The van der Waals surface area contributed by atoms with Gasteiger partial charge in [-0.15, -0.1) is 0 Å². The maximum atomic E-state index is 12.8. The number of anilines is 3. The van der Waals surface area contributed by atoms with Crippen LogP contribution >= 0.6 is 0 Å². The van der Waals surface area contributed by atoms with E-state index in [1.54, 1.807) is 47.4 Å². The van der Waals surface area contributed by atoms with Crippen molar-refractivity contribution in [3.05, 3.63) is 43.1 Å². The molecule has 196 valence electrons. The van der Waals surface area contributed by atoms with Crippen molar-refractivity contribution >= 4 is 29.7 Å². The quantitative estimate of drug-likeness (QED) is 0.438. The van der Waals surface area contributed by atoms with Gasteiger partial charge in [-0.3, -0.25) is 15.3 Å². The molecular weight excluding hydrogens is 480 g/mol. The van der Waals surface area contributed by atoms with E-state index in [1.807, 2.05) is 11.8 Å². The molecule has 0 spiro atoms. The topological polar surface area (TPSA) is 153 Å². The predicted octanol–water partition coefficient (Wildman–Crippen LogP) is 2.24. The molecule has 0 radical (unpaired) electrons. The number of nitrogens with one attached hydrogen (secondary N) is 2. The SMILES string of the molecule is CCOc1cnc(NC(=O)N(C)[C@@H]2CCCN(c3nccc(NC(=O)OCCn4cccn4)n3)C2)cn1. The molecule has 1 atom stereocenters. The first kappa shape index (κ1) is 25.6. The van der Waals surface area contributed by atoms with Crippen LogP contribution in [0.15, 0.2) is 43.1 Å². The van der Waals surface area contributed by atoms with E-state index in [1.165, 1.54) is 12.4 Å². The summed E-state index contributed by atoms with van der Waals surface area (Å²) in [4.78, 5) is 45.7. The number of carbonyl (C=O) groups is 2. The van der Waals surface area contributed by atoms with Gasteiger partial charge in [0.2, 0.25) is 11.8 Å².